The number of ether oxygens (including phenoxy) is 1. The largest absolute Gasteiger partial charge is 0.497 e. The molecule has 1 unspecified atom stereocenters. The van der Waals surface area contributed by atoms with Gasteiger partial charge in [0.2, 0.25) is 5.91 Å². The Balaban J connectivity index is 2.60. The van der Waals surface area contributed by atoms with Gasteiger partial charge in [-0.1, -0.05) is 0 Å². The molecule has 1 aromatic rings. The van der Waals surface area contributed by atoms with Crippen molar-refractivity contribution in [2.45, 2.75) is 17.1 Å². The van der Waals surface area contributed by atoms with E-state index in [1.807, 2.05) is 24.3 Å². The van der Waals surface area contributed by atoms with Gasteiger partial charge in [0.05, 0.1) is 12.4 Å². The lowest BCUT2D eigenvalue weighted by Crippen LogP contribution is -2.36. The van der Waals surface area contributed by atoms with Gasteiger partial charge in [0.25, 0.3) is 0 Å². The van der Waals surface area contributed by atoms with Crippen molar-refractivity contribution in [3.8, 4) is 5.75 Å². The first-order valence-electron chi connectivity index (χ1n) is 5.71. The lowest BCUT2D eigenvalue weighted by Gasteiger charge is -2.19. The predicted octanol–water partition coefficient (Wildman–Crippen LogP) is 1.72. The normalized spacial score (nSPS) is 11.7. The summed E-state index contributed by atoms with van der Waals surface area (Å²) < 4.78 is 5.05. The SMILES string of the molecule is COc1ccc(SC(C)C(=O)N(C)CC(=O)O)cc1. The number of carboxylic acids is 1. The zero-order valence-corrected chi connectivity index (χ0v) is 11.9. The topological polar surface area (TPSA) is 66.8 Å². The number of benzene rings is 1. The second kappa shape index (κ2) is 7.04. The van der Waals surface area contributed by atoms with Gasteiger partial charge in [-0.05, 0) is 31.2 Å². The lowest BCUT2D eigenvalue weighted by molar-refractivity contribution is -0.143. The third-order valence-electron chi connectivity index (χ3n) is 2.47. The van der Waals surface area contributed by atoms with Gasteiger partial charge in [0, 0.05) is 11.9 Å². The molecule has 0 aliphatic heterocycles. The van der Waals surface area contributed by atoms with Crippen molar-refractivity contribution in [1.29, 1.82) is 0 Å². The highest BCUT2D eigenvalue weighted by Crippen LogP contribution is 2.26. The van der Waals surface area contributed by atoms with Crippen LogP contribution >= 0.6 is 11.8 Å². The van der Waals surface area contributed by atoms with Crippen molar-refractivity contribution in [2.75, 3.05) is 20.7 Å². The minimum absolute atomic E-state index is 0.205. The molecule has 0 heterocycles. The summed E-state index contributed by atoms with van der Waals surface area (Å²) in [5, 5.41) is 8.31. The molecule has 1 amide bonds. The Morgan fingerprint density at radius 1 is 1.37 bits per heavy atom. The number of hydrogen-bond acceptors (Lipinski definition) is 4. The zero-order valence-electron chi connectivity index (χ0n) is 11.1. The van der Waals surface area contributed by atoms with Crippen LogP contribution in [0.1, 0.15) is 6.92 Å². The van der Waals surface area contributed by atoms with Gasteiger partial charge in [-0.3, -0.25) is 9.59 Å². The van der Waals surface area contributed by atoms with Gasteiger partial charge >= 0.3 is 5.97 Å². The fourth-order valence-corrected chi connectivity index (χ4v) is 2.48. The first kappa shape index (κ1) is 15.4. The number of nitrogens with zero attached hydrogens (tertiary/aromatic N) is 1. The highest BCUT2D eigenvalue weighted by molar-refractivity contribution is 8.00. The second-order valence-electron chi connectivity index (χ2n) is 4.02. The van der Waals surface area contributed by atoms with E-state index in [1.54, 1.807) is 14.0 Å². The third-order valence-corrected chi connectivity index (χ3v) is 3.57. The van der Waals surface area contributed by atoms with Crippen LogP contribution in [0.5, 0.6) is 5.75 Å². The number of likely N-dealkylation sites (N-methyl/N-ethyl adjacent to an activating group) is 1. The van der Waals surface area contributed by atoms with E-state index in [1.165, 1.54) is 23.7 Å². The number of carbonyl (C=O) groups is 2. The fourth-order valence-electron chi connectivity index (χ4n) is 1.50. The number of carbonyl (C=O) groups excluding carboxylic acids is 1. The molecular formula is C13H17NO4S. The highest BCUT2D eigenvalue weighted by atomic mass is 32.2. The Morgan fingerprint density at radius 2 is 1.95 bits per heavy atom. The molecule has 0 bridgehead atoms. The van der Waals surface area contributed by atoms with Gasteiger partial charge in [-0.25, -0.2) is 0 Å². The Labute approximate surface area is 116 Å². The quantitative estimate of drug-likeness (QED) is 0.805. The zero-order chi connectivity index (χ0) is 14.4. The molecule has 0 aliphatic carbocycles. The molecule has 1 atom stereocenters. The molecular weight excluding hydrogens is 266 g/mol. The maximum atomic E-state index is 11.9. The van der Waals surface area contributed by atoms with Crippen LogP contribution in [0.15, 0.2) is 29.2 Å². The summed E-state index contributed by atoms with van der Waals surface area (Å²) in [6.07, 6.45) is 0. The number of rotatable bonds is 6. The van der Waals surface area contributed by atoms with Crippen LogP contribution in [0.3, 0.4) is 0 Å². The van der Waals surface area contributed by atoms with Crippen LogP contribution in [-0.4, -0.2) is 47.8 Å². The van der Waals surface area contributed by atoms with E-state index in [9.17, 15) is 9.59 Å². The Bertz CT molecular complexity index is 446. The molecule has 19 heavy (non-hydrogen) atoms. The van der Waals surface area contributed by atoms with Crippen LogP contribution in [-0.2, 0) is 9.59 Å². The number of amides is 1. The molecule has 0 aliphatic rings. The Hall–Kier alpha value is -1.69. The maximum Gasteiger partial charge on any atom is 0.323 e. The van der Waals surface area contributed by atoms with Crippen molar-refractivity contribution >= 4 is 23.6 Å². The summed E-state index contributed by atoms with van der Waals surface area (Å²) in [5.41, 5.74) is 0. The molecule has 104 valence electrons. The molecule has 5 nitrogen and oxygen atoms in total. The molecule has 0 fully saturated rings. The average Bonchev–Trinajstić information content (AvgIpc) is 2.37. The van der Waals surface area contributed by atoms with Crippen molar-refractivity contribution < 1.29 is 19.4 Å². The van der Waals surface area contributed by atoms with Crippen molar-refractivity contribution in [3.05, 3.63) is 24.3 Å². The molecule has 6 heteroatoms. The summed E-state index contributed by atoms with van der Waals surface area (Å²) in [6.45, 7) is 1.47. The molecule has 0 radical (unpaired) electrons. The lowest BCUT2D eigenvalue weighted by atomic mass is 10.3. The molecule has 1 aromatic carbocycles. The van der Waals surface area contributed by atoms with E-state index in [4.69, 9.17) is 9.84 Å². The fraction of sp³-hybridized carbons (Fsp3) is 0.385. The summed E-state index contributed by atoms with van der Waals surface area (Å²) in [6, 6.07) is 7.37. The van der Waals surface area contributed by atoms with Crippen molar-refractivity contribution in [1.82, 2.24) is 4.90 Å². The number of carboxylic acid groups (broad SMARTS) is 1. The standard InChI is InChI=1S/C13H17NO4S/c1-9(13(17)14(2)8-12(15)16)19-11-6-4-10(18-3)5-7-11/h4-7,9H,8H2,1-3H3,(H,15,16). The average molecular weight is 283 g/mol. The first-order chi connectivity index (χ1) is 8.93. The van der Waals surface area contributed by atoms with E-state index in [0.717, 1.165) is 10.6 Å². The van der Waals surface area contributed by atoms with E-state index >= 15 is 0 Å². The van der Waals surface area contributed by atoms with Crippen LogP contribution in [0.4, 0.5) is 0 Å². The summed E-state index contributed by atoms with van der Waals surface area (Å²) in [5.74, 6) is -0.466. The summed E-state index contributed by atoms with van der Waals surface area (Å²) >= 11 is 1.39. The first-order valence-corrected chi connectivity index (χ1v) is 6.59. The van der Waals surface area contributed by atoms with Gasteiger partial charge in [0.15, 0.2) is 0 Å². The molecule has 0 spiro atoms. The molecule has 0 saturated carbocycles. The van der Waals surface area contributed by atoms with Gasteiger partial charge in [0.1, 0.15) is 12.3 Å². The van der Waals surface area contributed by atoms with Crippen LogP contribution < -0.4 is 4.74 Å². The van der Waals surface area contributed by atoms with Crippen LogP contribution in [0.2, 0.25) is 0 Å². The smallest absolute Gasteiger partial charge is 0.323 e. The molecule has 1 N–H and O–H groups in total. The summed E-state index contributed by atoms with van der Waals surface area (Å²) in [4.78, 5) is 24.6. The number of aliphatic carboxylic acids is 1. The van der Waals surface area contributed by atoms with E-state index < -0.39 is 5.97 Å². The minimum Gasteiger partial charge on any atom is -0.497 e. The number of thioether (sulfide) groups is 1. The Kier molecular flexibility index (Phi) is 5.69. The molecule has 1 rings (SSSR count). The van der Waals surface area contributed by atoms with Crippen molar-refractivity contribution in [2.24, 2.45) is 0 Å². The second-order valence-corrected chi connectivity index (χ2v) is 5.44. The highest BCUT2D eigenvalue weighted by Gasteiger charge is 2.20. The van der Waals surface area contributed by atoms with Gasteiger partial charge in [-0.2, -0.15) is 0 Å². The van der Waals surface area contributed by atoms with E-state index in [-0.39, 0.29) is 17.7 Å². The van der Waals surface area contributed by atoms with Crippen LogP contribution in [0.25, 0.3) is 0 Å². The van der Waals surface area contributed by atoms with Gasteiger partial charge in [-0.15, -0.1) is 11.8 Å². The van der Waals surface area contributed by atoms with Crippen LogP contribution in [0, 0.1) is 0 Å². The monoisotopic (exact) mass is 283 g/mol. The molecule has 0 saturated heterocycles. The van der Waals surface area contributed by atoms with Crippen molar-refractivity contribution in [3.63, 3.8) is 0 Å². The Morgan fingerprint density at radius 3 is 2.42 bits per heavy atom. The number of methoxy groups -OCH3 is 1. The maximum absolute atomic E-state index is 11.9. The minimum atomic E-state index is -1.02. The third kappa shape index (κ3) is 4.82. The molecule has 0 aromatic heterocycles. The van der Waals surface area contributed by atoms with E-state index in [2.05, 4.69) is 0 Å². The van der Waals surface area contributed by atoms with E-state index in [0.29, 0.717) is 0 Å². The predicted molar refractivity (Wildman–Crippen MR) is 73.6 cm³/mol. The van der Waals surface area contributed by atoms with Gasteiger partial charge < -0.3 is 14.7 Å². The number of hydrogen-bond donors (Lipinski definition) is 1. The summed E-state index contributed by atoms with van der Waals surface area (Å²) in [7, 11) is 3.08.